The summed E-state index contributed by atoms with van der Waals surface area (Å²) < 4.78 is 6.11. The highest BCUT2D eigenvalue weighted by Crippen LogP contribution is 2.22. The van der Waals surface area contributed by atoms with Crippen LogP contribution < -0.4 is 20.7 Å². The molecule has 0 spiro atoms. The molecule has 25 heavy (non-hydrogen) atoms. The number of hydrogen-bond donors (Lipinski definition) is 1. The van der Waals surface area contributed by atoms with Crippen LogP contribution in [0.1, 0.15) is 16.7 Å². The van der Waals surface area contributed by atoms with E-state index in [-0.39, 0.29) is 0 Å². The highest BCUT2D eigenvalue weighted by molar-refractivity contribution is 7.55. The molecule has 3 aromatic rings. The molecule has 0 saturated heterocycles. The molecule has 128 valence electrons. The highest BCUT2D eigenvalue weighted by Gasteiger charge is 2.08. The van der Waals surface area contributed by atoms with Gasteiger partial charge in [0.05, 0.1) is 0 Å². The molecule has 3 heteroatoms. The average Bonchev–Trinajstić information content (AvgIpc) is 2.64. The van der Waals surface area contributed by atoms with Crippen LogP contribution in [0.15, 0.2) is 72.8 Å². The molecule has 0 radical (unpaired) electrons. The Kier molecular flexibility index (Phi) is 6.22. The lowest BCUT2D eigenvalue weighted by Gasteiger charge is -2.14. The summed E-state index contributed by atoms with van der Waals surface area (Å²) in [6.45, 7) is 3.62. The van der Waals surface area contributed by atoms with Gasteiger partial charge in [0.25, 0.3) is 0 Å². The van der Waals surface area contributed by atoms with E-state index in [9.17, 15) is 0 Å². The van der Waals surface area contributed by atoms with E-state index >= 15 is 0 Å². The standard InChI is InChI=1S/C22H24NOP/c1-17-12-13-21(19(14-17)15-23-2)25-22-11-7-6-10-20(22)24-16-18-8-4-3-5-9-18/h3-14,23,25H,15-16H2,1-2H3. The summed E-state index contributed by atoms with van der Waals surface area (Å²) >= 11 is 0. The largest absolute Gasteiger partial charge is 0.488 e. The van der Waals surface area contributed by atoms with Gasteiger partial charge < -0.3 is 10.1 Å². The fourth-order valence-corrected chi connectivity index (χ4v) is 3.99. The maximum absolute atomic E-state index is 6.11. The Balaban J connectivity index is 1.79. The van der Waals surface area contributed by atoms with Crippen molar-refractivity contribution in [3.63, 3.8) is 0 Å². The molecule has 0 aliphatic carbocycles. The van der Waals surface area contributed by atoms with Gasteiger partial charge >= 0.3 is 0 Å². The van der Waals surface area contributed by atoms with Crippen molar-refractivity contribution in [3.8, 4) is 5.75 Å². The maximum Gasteiger partial charge on any atom is 0.127 e. The van der Waals surface area contributed by atoms with Crippen LogP contribution >= 0.6 is 8.58 Å². The first kappa shape index (κ1) is 17.7. The molecule has 0 aromatic heterocycles. The topological polar surface area (TPSA) is 21.3 Å². The monoisotopic (exact) mass is 349 g/mol. The van der Waals surface area contributed by atoms with Crippen molar-refractivity contribution in [1.82, 2.24) is 5.32 Å². The van der Waals surface area contributed by atoms with E-state index in [0.717, 1.165) is 12.3 Å². The van der Waals surface area contributed by atoms with Crippen LogP contribution in [0.4, 0.5) is 0 Å². The number of benzene rings is 3. The summed E-state index contributed by atoms with van der Waals surface area (Å²) in [4.78, 5) is 0. The van der Waals surface area contributed by atoms with E-state index in [1.807, 2.05) is 31.3 Å². The minimum atomic E-state index is 0.583. The molecule has 0 aliphatic rings. The van der Waals surface area contributed by atoms with Gasteiger partial charge in [0.1, 0.15) is 12.4 Å². The second-order valence-corrected chi connectivity index (χ2v) is 7.41. The average molecular weight is 349 g/mol. The van der Waals surface area contributed by atoms with E-state index in [1.54, 1.807) is 0 Å². The van der Waals surface area contributed by atoms with E-state index in [0.29, 0.717) is 15.2 Å². The van der Waals surface area contributed by atoms with Crippen LogP contribution in [-0.4, -0.2) is 7.05 Å². The van der Waals surface area contributed by atoms with E-state index in [2.05, 4.69) is 60.8 Å². The van der Waals surface area contributed by atoms with Crippen molar-refractivity contribution in [2.75, 3.05) is 7.05 Å². The number of rotatable bonds is 7. The zero-order valence-corrected chi connectivity index (χ0v) is 15.8. The van der Waals surface area contributed by atoms with Crippen LogP contribution in [-0.2, 0) is 13.2 Å². The van der Waals surface area contributed by atoms with Gasteiger partial charge in [-0.15, -0.1) is 0 Å². The number of aryl methyl sites for hydroxylation is 1. The van der Waals surface area contributed by atoms with Crippen LogP contribution in [0.25, 0.3) is 0 Å². The lowest BCUT2D eigenvalue weighted by atomic mass is 10.1. The Hall–Kier alpha value is -2.15. The van der Waals surface area contributed by atoms with Gasteiger partial charge in [0, 0.05) is 11.8 Å². The lowest BCUT2D eigenvalue weighted by Crippen LogP contribution is -2.16. The Labute approximate surface area is 152 Å². The predicted molar refractivity (Wildman–Crippen MR) is 109 cm³/mol. The molecule has 0 saturated carbocycles. The Morgan fingerprint density at radius 1 is 0.880 bits per heavy atom. The van der Waals surface area contributed by atoms with Gasteiger partial charge in [-0.25, -0.2) is 0 Å². The number of para-hydroxylation sites is 1. The Bertz CT molecular complexity index is 817. The molecular formula is C22H24NOP. The fraction of sp³-hybridized carbons (Fsp3) is 0.182. The Morgan fingerprint density at radius 2 is 1.64 bits per heavy atom. The third-order valence-electron chi connectivity index (χ3n) is 4.02. The van der Waals surface area contributed by atoms with Crippen LogP contribution in [0.5, 0.6) is 5.75 Å². The quantitative estimate of drug-likeness (QED) is 0.653. The second-order valence-electron chi connectivity index (χ2n) is 6.09. The fourth-order valence-electron chi connectivity index (χ4n) is 2.76. The minimum absolute atomic E-state index is 0.583. The number of hydrogen-bond acceptors (Lipinski definition) is 2. The van der Waals surface area contributed by atoms with Crippen molar-refractivity contribution in [3.05, 3.63) is 89.5 Å². The van der Waals surface area contributed by atoms with Crippen molar-refractivity contribution in [2.24, 2.45) is 0 Å². The molecule has 1 atom stereocenters. The third-order valence-corrected chi connectivity index (χ3v) is 5.46. The van der Waals surface area contributed by atoms with E-state index in [1.165, 1.54) is 27.3 Å². The zero-order chi connectivity index (χ0) is 17.5. The molecule has 1 unspecified atom stereocenters. The zero-order valence-electron chi connectivity index (χ0n) is 14.8. The molecule has 3 aromatic carbocycles. The predicted octanol–water partition coefficient (Wildman–Crippen LogP) is 3.92. The lowest BCUT2D eigenvalue weighted by molar-refractivity contribution is 0.309. The minimum Gasteiger partial charge on any atom is -0.488 e. The van der Waals surface area contributed by atoms with Gasteiger partial charge in [0.15, 0.2) is 0 Å². The van der Waals surface area contributed by atoms with E-state index in [4.69, 9.17) is 4.74 Å². The first-order chi connectivity index (χ1) is 12.3. The molecule has 0 amide bonds. The number of nitrogens with one attached hydrogen (secondary N) is 1. The summed E-state index contributed by atoms with van der Waals surface area (Å²) in [7, 11) is 2.58. The normalized spacial score (nSPS) is 11.1. The molecular weight excluding hydrogens is 325 g/mol. The van der Waals surface area contributed by atoms with Gasteiger partial charge in [-0.3, -0.25) is 0 Å². The molecule has 0 fully saturated rings. The van der Waals surface area contributed by atoms with Gasteiger partial charge in [-0.05, 0) is 36.5 Å². The Morgan fingerprint density at radius 3 is 2.44 bits per heavy atom. The summed E-state index contributed by atoms with van der Waals surface area (Å²) in [5.41, 5.74) is 3.85. The van der Waals surface area contributed by atoms with Crippen molar-refractivity contribution in [1.29, 1.82) is 0 Å². The molecule has 0 heterocycles. The highest BCUT2D eigenvalue weighted by atomic mass is 31.1. The van der Waals surface area contributed by atoms with Crippen molar-refractivity contribution in [2.45, 2.75) is 20.1 Å². The van der Waals surface area contributed by atoms with Gasteiger partial charge in [-0.2, -0.15) is 0 Å². The van der Waals surface area contributed by atoms with Gasteiger partial charge in [0.2, 0.25) is 0 Å². The summed E-state index contributed by atoms with van der Waals surface area (Å²) in [5, 5.41) is 5.89. The third kappa shape index (κ3) is 4.92. The van der Waals surface area contributed by atoms with Crippen LogP contribution in [0.3, 0.4) is 0 Å². The molecule has 0 bridgehead atoms. The SMILES string of the molecule is CNCc1cc(C)ccc1Pc1ccccc1OCc1ccccc1. The van der Waals surface area contributed by atoms with E-state index < -0.39 is 0 Å². The number of ether oxygens (including phenoxy) is 1. The maximum atomic E-state index is 6.11. The summed E-state index contributed by atoms with van der Waals surface area (Å²) in [6, 6.07) is 25.4. The van der Waals surface area contributed by atoms with Crippen LogP contribution in [0, 0.1) is 6.92 Å². The first-order valence-electron chi connectivity index (χ1n) is 8.53. The van der Waals surface area contributed by atoms with Gasteiger partial charge in [-0.1, -0.05) is 80.9 Å². The first-order valence-corrected chi connectivity index (χ1v) is 9.53. The molecule has 0 aliphatic heterocycles. The molecule has 3 rings (SSSR count). The molecule has 1 N–H and O–H groups in total. The van der Waals surface area contributed by atoms with Crippen molar-refractivity contribution >= 4 is 19.2 Å². The smallest absolute Gasteiger partial charge is 0.127 e. The second kappa shape index (κ2) is 8.80. The van der Waals surface area contributed by atoms with Crippen molar-refractivity contribution < 1.29 is 4.74 Å². The van der Waals surface area contributed by atoms with Crippen LogP contribution in [0.2, 0.25) is 0 Å². The molecule has 2 nitrogen and oxygen atoms in total. The summed E-state index contributed by atoms with van der Waals surface area (Å²) in [6.07, 6.45) is 0. The summed E-state index contributed by atoms with van der Waals surface area (Å²) in [5.74, 6) is 0.973.